The highest BCUT2D eigenvalue weighted by atomic mass is 35.5. The number of amides is 1. The third-order valence-electron chi connectivity index (χ3n) is 5.73. The molecular weight excluding hydrogens is 574 g/mol. The summed E-state index contributed by atoms with van der Waals surface area (Å²) in [5, 5.41) is 2.85. The zero-order chi connectivity index (χ0) is 29.0. The highest BCUT2D eigenvalue weighted by Crippen LogP contribution is 2.38. The van der Waals surface area contributed by atoms with Gasteiger partial charge in [0, 0.05) is 18.2 Å². The van der Waals surface area contributed by atoms with Crippen LogP contribution < -0.4 is 15.6 Å². The van der Waals surface area contributed by atoms with Gasteiger partial charge in [-0.25, -0.2) is 4.98 Å². The summed E-state index contributed by atoms with van der Waals surface area (Å²) < 4.78 is 50.6. The molecule has 0 spiro atoms. The smallest absolute Gasteiger partial charge is 0.416 e. The molecule has 1 amide bonds. The molecule has 40 heavy (non-hydrogen) atoms. The van der Waals surface area contributed by atoms with Gasteiger partial charge in [-0.1, -0.05) is 35.3 Å². The van der Waals surface area contributed by atoms with Gasteiger partial charge in [0.1, 0.15) is 5.75 Å². The van der Waals surface area contributed by atoms with Crippen LogP contribution in [0.4, 0.5) is 13.2 Å². The molecule has 0 saturated carbocycles. The molecule has 1 heterocycles. The Hall–Kier alpha value is -4.09. The Morgan fingerprint density at radius 3 is 2.45 bits per heavy atom. The molecule has 208 valence electrons. The van der Waals surface area contributed by atoms with Crippen LogP contribution in [0.2, 0.25) is 10.0 Å². The summed E-state index contributed by atoms with van der Waals surface area (Å²) >= 11 is 12.6. The minimum Gasteiger partial charge on any atom is -0.469 e. The number of nitrogens with one attached hydrogen (secondary N) is 1. The van der Waals surface area contributed by atoms with Gasteiger partial charge < -0.3 is 14.8 Å². The molecule has 0 radical (unpaired) electrons. The van der Waals surface area contributed by atoms with Crippen LogP contribution in [0, 0.1) is 0 Å². The molecule has 0 aliphatic heterocycles. The van der Waals surface area contributed by atoms with Crippen molar-refractivity contribution < 1.29 is 32.2 Å². The van der Waals surface area contributed by atoms with Crippen LogP contribution in [0.15, 0.2) is 65.7 Å². The van der Waals surface area contributed by atoms with Gasteiger partial charge in [-0.15, -0.1) is 0 Å². The monoisotopic (exact) mass is 593 g/mol. The zero-order valence-corrected chi connectivity index (χ0v) is 22.2. The van der Waals surface area contributed by atoms with Gasteiger partial charge in [0.15, 0.2) is 5.75 Å². The number of rotatable bonds is 8. The van der Waals surface area contributed by atoms with Gasteiger partial charge in [0.05, 0.1) is 52.9 Å². The second-order valence-electron chi connectivity index (χ2n) is 8.51. The summed E-state index contributed by atoms with van der Waals surface area (Å²) in [6.45, 7) is -0.0392. The Balaban J connectivity index is 1.52. The van der Waals surface area contributed by atoms with Crippen molar-refractivity contribution in [2.45, 2.75) is 19.1 Å². The van der Waals surface area contributed by atoms with Gasteiger partial charge in [-0.2, -0.15) is 13.2 Å². The maximum atomic E-state index is 13.0. The number of carbonyl (C=O) groups excluding carboxylic acids is 2. The zero-order valence-electron chi connectivity index (χ0n) is 20.7. The third kappa shape index (κ3) is 6.72. The van der Waals surface area contributed by atoms with E-state index in [0.717, 1.165) is 12.1 Å². The lowest BCUT2D eigenvalue weighted by Gasteiger charge is -2.13. The summed E-state index contributed by atoms with van der Waals surface area (Å²) in [4.78, 5) is 40.8. The molecule has 1 N–H and O–H groups in total. The van der Waals surface area contributed by atoms with Crippen molar-refractivity contribution in [3.63, 3.8) is 0 Å². The minimum absolute atomic E-state index is 0.00276. The molecule has 3 aromatic carbocycles. The van der Waals surface area contributed by atoms with E-state index in [1.807, 2.05) is 0 Å². The topological polar surface area (TPSA) is 99.5 Å². The van der Waals surface area contributed by atoms with E-state index in [4.69, 9.17) is 27.9 Å². The third-order valence-corrected chi connectivity index (χ3v) is 6.29. The second-order valence-corrected chi connectivity index (χ2v) is 9.32. The maximum Gasteiger partial charge on any atom is 0.416 e. The van der Waals surface area contributed by atoms with E-state index in [1.165, 1.54) is 60.5 Å². The number of hydrogen-bond acceptors (Lipinski definition) is 6. The fourth-order valence-corrected chi connectivity index (χ4v) is 4.31. The molecule has 0 aliphatic carbocycles. The number of halogens is 5. The number of esters is 1. The molecule has 0 fully saturated rings. The summed E-state index contributed by atoms with van der Waals surface area (Å²) in [5.74, 6) is -0.670. The van der Waals surface area contributed by atoms with Gasteiger partial charge in [-0.3, -0.25) is 19.0 Å². The number of fused-ring (bicyclic) bond motifs is 1. The molecule has 4 rings (SSSR count). The predicted molar refractivity (Wildman–Crippen MR) is 142 cm³/mol. The molecule has 0 aliphatic rings. The highest BCUT2D eigenvalue weighted by molar-refractivity contribution is 6.37. The average Bonchev–Trinajstić information content (AvgIpc) is 2.91. The number of aromatic nitrogens is 2. The Kier molecular flexibility index (Phi) is 8.65. The fraction of sp³-hybridized carbons (Fsp3) is 0.185. The lowest BCUT2D eigenvalue weighted by Crippen LogP contribution is -2.26. The largest absolute Gasteiger partial charge is 0.469 e. The lowest BCUT2D eigenvalue weighted by molar-refractivity contribution is -0.140. The van der Waals surface area contributed by atoms with E-state index in [1.54, 1.807) is 0 Å². The van der Waals surface area contributed by atoms with Crippen molar-refractivity contribution in [1.82, 2.24) is 14.9 Å². The standard InChI is InChI=1S/C27H20Cl2F3N3O5/c1-39-23(36)7-8-33-25(37)16-10-20(28)24(21(29)11-16)40-18-5-6-19-22(12-18)34-14-35(26(19)38)13-15-3-2-4-17(9-15)27(30,31)32/h2-6,9-12,14H,7-8,13H2,1H3,(H,33,37). The Morgan fingerprint density at radius 2 is 1.77 bits per heavy atom. The van der Waals surface area contributed by atoms with Crippen molar-refractivity contribution in [3.8, 4) is 11.5 Å². The quantitative estimate of drug-likeness (QED) is 0.257. The molecule has 13 heteroatoms. The first-order chi connectivity index (χ1) is 19.0. The second kappa shape index (κ2) is 12.0. The van der Waals surface area contributed by atoms with Gasteiger partial charge in [-0.05, 0) is 42.0 Å². The normalized spacial score (nSPS) is 11.3. The van der Waals surface area contributed by atoms with Crippen LogP contribution in [0.5, 0.6) is 11.5 Å². The van der Waals surface area contributed by atoms with Crippen LogP contribution >= 0.6 is 23.2 Å². The van der Waals surface area contributed by atoms with Crippen LogP contribution in [-0.2, 0) is 22.3 Å². The molecular formula is C27H20Cl2F3N3O5. The van der Waals surface area contributed by atoms with Gasteiger partial charge in [0.25, 0.3) is 11.5 Å². The summed E-state index contributed by atoms with van der Waals surface area (Å²) in [5.41, 5.74) is -0.543. The Labute approximate surface area is 235 Å². The average molecular weight is 594 g/mol. The number of alkyl halides is 3. The predicted octanol–water partition coefficient (Wildman–Crippen LogP) is 5.86. The van der Waals surface area contributed by atoms with Crippen molar-refractivity contribution >= 4 is 46.0 Å². The van der Waals surface area contributed by atoms with Crippen molar-refractivity contribution in [3.05, 3.63) is 98.0 Å². The number of methoxy groups -OCH3 is 1. The Bertz CT molecular complexity index is 1630. The van der Waals surface area contributed by atoms with E-state index < -0.39 is 29.2 Å². The highest BCUT2D eigenvalue weighted by Gasteiger charge is 2.30. The number of ether oxygens (including phenoxy) is 2. The van der Waals surface area contributed by atoms with E-state index in [-0.39, 0.29) is 57.5 Å². The fourth-order valence-electron chi connectivity index (χ4n) is 3.75. The van der Waals surface area contributed by atoms with Crippen LogP contribution in [-0.4, -0.2) is 35.1 Å². The van der Waals surface area contributed by atoms with E-state index >= 15 is 0 Å². The molecule has 4 aromatic rings. The van der Waals surface area contributed by atoms with Crippen molar-refractivity contribution in [2.75, 3.05) is 13.7 Å². The molecule has 0 unspecified atom stereocenters. The van der Waals surface area contributed by atoms with Crippen molar-refractivity contribution in [2.24, 2.45) is 0 Å². The number of nitrogens with zero attached hydrogens (tertiary/aromatic N) is 2. The van der Waals surface area contributed by atoms with E-state index in [9.17, 15) is 27.6 Å². The SMILES string of the molecule is COC(=O)CCNC(=O)c1cc(Cl)c(Oc2ccc3c(=O)n(Cc4cccc(C(F)(F)F)c4)cnc3c2)c(Cl)c1. The maximum absolute atomic E-state index is 13.0. The van der Waals surface area contributed by atoms with Crippen LogP contribution in [0.3, 0.4) is 0 Å². The summed E-state index contributed by atoms with van der Waals surface area (Å²) in [6, 6.07) is 11.8. The van der Waals surface area contributed by atoms with Crippen LogP contribution in [0.1, 0.15) is 27.9 Å². The van der Waals surface area contributed by atoms with E-state index in [0.29, 0.717) is 5.56 Å². The van der Waals surface area contributed by atoms with Crippen molar-refractivity contribution in [1.29, 1.82) is 0 Å². The number of carbonyl (C=O) groups is 2. The Morgan fingerprint density at radius 1 is 1.05 bits per heavy atom. The first kappa shape index (κ1) is 28.9. The molecule has 0 bridgehead atoms. The lowest BCUT2D eigenvalue weighted by atomic mass is 10.1. The molecule has 0 atom stereocenters. The van der Waals surface area contributed by atoms with E-state index in [2.05, 4.69) is 15.0 Å². The molecule has 1 aromatic heterocycles. The minimum atomic E-state index is -4.50. The van der Waals surface area contributed by atoms with Gasteiger partial charge >= 0.3 is 12.1 Å². The number of hydrogen-bond donors (Lipinski definition) is 1. The first-order valence-electron chi connectivity index (χ1n) is 11.6. The number of benzene rings is 3. The molecule has 0 saturated heterocycles. The summed E-state index contributed by atoms with van der Waals surface area (Å²) in [7, 11) is 1.24. The first-order valence-corrected chi connectivity index (χ1v) is 12.4. The van der Waals surface area contributed by atoms with Gasteiger partial charge in [0.2, 0.25) is 0 Å². The molecule has 8 nitrogen and oxygen atoms in total. The summed E-state index contributed by atoms with van der Waals surface area (Å²) in [6.07, 6.45) is -3.26. The van der Waals surface area contributed by atoms with Crippen LogP contribution in [0.25, 0.3) is 10.9 Å².